The van der Waals surface area contributed by atoms with Crippen LogP contribution in [0.4, 0.5) is 11.4 Å². The molecule has 0 radical (unpaired) electrons. The van der Waals surface area contributed by atoms with Crippen molar-refractivity contribution in [2.24, 2.45) is 5.10 Å². The largest absolute Gasteiger partial charge is 0.484 e. The lowest BCUT2D eigenvalue weighted by atomic mass is 10.1. The molecular weight excluding hydrogens is 564 g/mol. The Labute approximate surface area is 243 Å². The molecule has 0 aliphatic rings. The molecule has 0 aromatic heterocycles. The third-order valence-corrected chi connectivity index (χ3v) is 7.10. The standard InChI is InChI=1S/C30H27ClN4O5S/c1-41(38,39)35(27-8-3-2-4-9-27)20-23-10-14-24(15-11-23)30(37)34-32-19-22-12-16-28(17-13-22)40-21-29(36)33-26-7-5-6-25(31)18-26/h2-19H,20-21H2,1H3,(H,33,36)(H,34,37)/b32-19-. The molecule has 0 spiro atoms. The summed E-state index contributed by atoms with van der Waals surface area (Å²) in [6.07, 6.45) is 2.63. The van der Waals surface area contributed by atoms with Gasteiger partial charge in [-0.2, -0.15) is 5.10 Å². The van der Waals surface area contributed by atoms with E-state index in [1.54, 1.807) is 97.1 Å². The van der Waals surface area contributed by atoms with Gasteiger partial charge in [0.15, 0.2) is 6.61 Å². The van der Waals surface area contributed by atoms with Gasteiger partial charge in [-0.15, -0.1) is 0 Å². The first-order chi connectivity index (χ1) is 19.7. The minimum Gasteiger partial charge on any atom is -0.484 e. The highest BCUT2D eigenvalue weighted by Gasteiger charge is 2.17. The Morgan fingerprint density at radius 2 is 1.63 bits per heavy atom. The molecule has 0 fully saturated rings. The molecule has 4 rings (SSSR count). The van der Waals surface area contributed by atoms with Crippen molar-refractivity contribution in [3.63, 3.8) is 0 Å². The fraction of sp³-hybridized carbons (Fsp3) is 0.100. The SMILES string of the molecule is CS(=O)(=O)N(Cc1ccc(C(=O)N/N=C\c2ccc(OCC(=O)Nc3cccc(Cl)c3)cc2)cc1)c1ccccc1. The van der Waals surface area contributed by atoms with E-state index in [1.807, 2.05) is 6.07 Å². The van der Waals surface area contributed by atoms with E-state index in [2.05, 4.69) is 15.8 Å². The van der Waals surface area contributed by atoms with E-state index in [9.17, 15) is 18.0 Å². The molecule has 2 amide bonds. The number of benzene rings is 4. The first-order valence-corrected chi connectivity index (χ1v) is 14.6. The van der Waals surface area contributed by atoms with E-state index in [4.69, 9.17) is 16.3 Å². The number of carbonyl (C=O) groups is 2. The molecule has 0 saturated carbocycles. The minimum absolute atomic E-state index is 0.134. The zero-order valence-corrected chi connectivity index (χ0v) is 23.6. The molecule has 4 aromatic carbocycles. The Morgan fingerprint density at radius 1 is 0.927 bits per heavy atom. The molecule has 0 heterocycles. The summed E-state index contributed by atoms with van der Waals surface area (Å²) in [5, 5.41) is 7.22. The number of halogens is 1. The van der Waals surface area contributed by atoms with Crippen molar-refractivity contribution in [3.8, 4) is 5.75 Å². The van der Waals surface area contributed by atoms with Crippen LogP contribution in [0.2, 0.25) is 5.02 Å². The van der Waals surface area contributed by atoms with Crippen LogP contribution in [0, 0.1) is 0 Å². The lowest BCUT2D eigenvalue weighted by Crippen LogP contribution is -2.29. The van der Waals surface area contributed by atoms with Gasteiger partial charge in [0, 0.05) is 16.3 Å². The topological polar surface area (TPSA) is 117 Å². The Balaban J connectivity index is 1.26. The molecule has 0 aliphatic carbocycles. The second-order valence-electron chi connectivity index (χ2n) is 8.92. The quantitative estimate of drug-likeness (QED) is 0.186. The first-order valence-electron chi connectivity index (χ1n) is 12.4. The average Bonchev–Trinajstić information content (AvgIpc) is 2.95. The van der Waals surface area contributed by atoms with Crippen LogP contribution in [0.5, 0.6) is 5.75 Å². The van der Waals surface area contributed by atoms with Crippen molar-refractivity contribution in [3.05, 3.63) is 125 Å². The van der Waals surface area contributed by atoms with Gasteiger partial charge < -0.3 is 10.1 Å². The predicted octanol–water partition coefficient (Wildman–Crippen LogP) is 5.09. The number of carbonyl (C=O) groups excluding carboxylic acids is 2. The number of sulfonamides is 1. The average molecular weight is 591 g/mol. The van der Waals surface area contributed by atoms with E-state index in [-0.39, 0.29) is 19.1 Å². The van der Waals surface area contributed by atoms with Gasteiger partial charge in [-0.1, -0.05) is 48.0 Å². The van der Waals surface area contributed by atoms with Gasteiger partial charge in [0.05, 0.1) is 24.7 Å². The van der Waals surface area contributed by atoms with Crippen LogP contribution in [0.15, 0.2) is 108 Å². The number of nitrogens with zero attached hydrogens (tertiary/aromatic N) is 2. The van der Waals surface area contributed by atoms with Gasteiger partial charge in [0.25, 0.3) is 11.8 Å². The number of ether oxygens (including phenoxy) is 1. The lowest BCUT2D eigenvalue weighted by Gasteiger charge is -2.22. The van der Waals surface area contributed by atoms with Gasteiger partial charge in [0.1, 0.15) is 5.75 Å². The van der Waals surface area contributed by atoms with Gasteiger partial charge in [-0.05, 0) is 77.9 Å². The van der Waals surface area contributed by atoms with Gasteiger partial charge in [-0.25, -0.2) is 13.8 Å². The van der Waals surface area contributed by atoms with E-state index < -0.39 is 15.9 Å². The second-order valence-corrected chi connectivity index (χ2v) is 11.3. The summed E-state index contributed by atoms with van der Waals surface area (Å²) in [5.41, 5.74) is 5.42. The fourth-order valence-electron chi connectivity index (χ4n) is 3.71. The Morgan fingerprint density at radius 3 is 2.29 bits per heavy atom. The molecule has 9 nitrogen and oxygen atoms in total. The Kier molecular flexibility index (Phi) is 9.73. The van der Waals surface area contributed by atoms with Crippen molar-refractivity contribution < 1.29 is 22.7 Å². The zero-order valence-electron chi connectivity index (χ0n) is 22.0. The zero-order chi connectivity index (χ0) is 29.2. The van der Waals surface area contributed by atoms with Crippen LogP contribution < -0.4 is 19.8 Å². The number of rotatable bonds is 11. The van der Waals surface area contributed by atoms with Crippen molar-refractivity contribution in [1.82, 2.24) is 5.43 Å². The molecular formula is C30H27ClN4O5S. The van der Waals surface area contributed by atoms with Crippen LogP contribution >= 0.6 is 11.6 Å². The number of hydrazone groups is 1. The molecule has 41 heavy (non-hydrogen) atoms. The fourth-order valence-corrected chi connectivity index (χ4v) is 4.79. The maximum Gasteiger partial charge on any atom is 0.271 e. The van der Waals surface area contributed by atoms with Gasteiger partial charge in [-0.3, -0.25) is 13.9 Å². The van der Waals surface area contributed by atoms with Crippen molar-refractivity contribution in [1.29, 1.82) is 0 Å². The van der Waals surface area contributed by atoms with E-state index >= 15 is 0 Å². The number of hydrogen-bond donors (Lipinski definition) is 2. The molecule has 0 bridgehead atoms. The minimum atomic E-state index is -3.50. The third-order valence-electron chi connectivity index (χ3n) is 5.72. The number of para-hydroxylation sites is 1. The predicted molar refractivity (Wildman–Crippen MR) is 161 cm³/mol. The Hall–Kier alpha value is -4.67. The van der Waals surface area contributed by atoms with E-state index in [0.717, 1.165) is 11.8 Å². The second kappa shape index (κ2) is 13.6. The molecule has 0 aliphatic heterocycles. The maximum absolute atomic E-state index is 12.5. The van der Waals surface area contributed by atoms with E-state index in [0.29, 0.717) is 33.3 Å². The number of nitrogens with one attached hydrogen (secondary N) is 2. The normalized spacial score (nSPS) is 11.2. The Bertz CT molecular complexity index is 1630. The summed E-state index contributed by atoms with van der Waals surface area (Å²) in [6, 6.07) is 29.1. The summed E-state index contributed by atoms with van der Waals surface area (Å²) in [4.78, 5) is 24.6. The lowest BCUT2D eigenvalue weighted by molar-refractivity contribution is -0.118. The third kappa shape index (κ3) is 8.92. The van der Waals surface area contributed by atoms with E-state index in [1.165, 1.54) is 10.5 Å². The van der Waals surface area contributed by atoms with Crippen LogP contribution in [-0.4, -0.2) is 39.3 Å². The highest BCUT2D eigenvalue weighted by molar-refractivity contribution is 7.92. The highest BCUT2D eigenvalue weighted by atomic mass is 35.5. The molecule has 210 valence electrons. The number of hydrogen-bond acceptors (Lipinski definition) is 6. The van der Waals surface area contributed by atoms with Crippen LogP contribution in [0.1, 0.15) is 21.5 Å². The number of amides is 2. The number of anilines is 2. The maximum atomic E-state index is 12.5. The summed E-state index contributed by atoms with van der Waals surface area (Å²) >= 11 is 5.92. The molecule has 0 unspecified atom stereocenters. The van der Waals surface area contributed by atoms with Crippen LogP contribution in [0.25, 0.3) is 0 Å². The van der Waals surface area contributed by atoms with Crippen molar-refractivity contribution >= 4 is 51.0 Å². The first kappa shape index (κ1) is 29.3. The van der Waals surface area contributed by atoms with Crippen molar-refractivity contribution in [2.45, 2.75) is 6.54 Å². The molecule has 11 heteroatoms. The van der Waals surface area contributed by atoms with Gasteiger partial charge in [0.2, 0.25) is 10.0 Å². The van der Waals surface area contributed by atoms with Crippen LogP contribution in [0.3, 0.4) is 0 Å². The smallest absolute Gasteiger partial charge is 0.271 e. The monoisotopic (exact) mass is 590 g/mol. The summed E-state index contributed by atoms with van der Waals surface area (Å²) < 4.78 is 31.4. The summed E-state index contributed by atoms with van der Waals surface area (Å²) in [7, 11) is -3.50. The van der Waals surface area contributed by atoms with Gasteiger partial charge >= 0.3 is 0 Å². The molecule has 4 aromatic rings. The van der Waals surface area contributed by atoms with Crippen LogP contribution in [-0.2, 0) is 21.4 Å². The highest BCUT2D eigenvalue weighted by Crippen LogP contribution is 2.20. The summed E-state index contributed by atoms with van der Waals surface area (Å²) in [6.45, 7) is -0.0392. The molecule has 0 atom stereocenters. The summed E-state index contributed by atoms with van der Waals surface area (Å²) in [5.74, 6) is -0.242. The molecule has 0 saturated heterocycles. The molecule has 2 N–H and O–H groups in total. The van der Waals surface area contributed by atoms with Crippen molar-refractivity contribution in [2.75, 3.05) is 22.5 Å².